The standard InChI is InChI=1S/C7H8N6O6/c1-3(15)4(2-14)8-9-5-6(12(16)17)10-11-7(5)13(18)19/h4,14H,2H2,1H3,(H,10,11). The number of hydrogen-bond donors (Lipinski definition) is 2. The number of aliphatic hydroxyl groups is 1. The Hall–Kier alpha value is -2.76. The molecule has 0 aliphatic rings. The molecule has 0 saturated heterocycles. The average Bonchev–Trinajstić information content (AvgIpc) is 2.73. The van der Waals surface area contributed by atoms with E-state index in [-0.39, 0.29) is 0 Å². The number of Topliss-reactive ketones (excluding diaryl/α,β-unsaturated/α-hetero) is 1. The number of aromatic nitrogens is 2. The number of azo groups is 1. The van der Waals surface area contributed by atoms with E-state index < -0.39 is 45.6 Å². The van der Waals surface area contributed by atoms with Crippen molar-refractivity contribution < 1.29 is 19.7 Å². The number of hydrogen-bond acceptors (Lipinski definition) is 9. The van der Waals surface area contributed by atoms with Crippen LogP contribution in [0.4, 0.5) is 17.3 Å². The largest absolute Gasteiger partial charge is 0.448 e. The van der Waals surface area contributed by atoms with Crippen molar-refractivity contribution in [1.82, 2.24) is 10.2 Å². The minimum Gasteiger partial charge on any atom is -0.394 e. The van der Waals surface area contributed by atoms with Crippen LogP contribution in [0.25, 0.3) is 0 Å². The highest BCUT2D eigenvalue weighted by Gasteiger charge is 2.32. The first-order valence-electron chi connectivity index (χ1n) is 4.77. The van der Waals surface area contributed by atoms with Gasteiger partial charge in [-0.15, -0.1) is 5.11 Å². The molecule has 1 heterocycles. The number of aromatic amines is 1. The van der Waals surface area contributed by atoms with Gasteiger partial charge in [-0.1, -0.05) is 0 Å². The van der Waals surface area contributed by atoms with Crippen LogP contribution in [0.15, 0.2) is 10.2 Å². The molecule has 1 aromatic rings. The molecule has 12 nitrogen and oxygen atoms in total. The third-order valence-corrected chi connectivity index (χ3v) is 2.00. The van der Waals surface area contributed by atoms with Gasteiger partial charge in [-0.05, 0) is 21.9 Å². The molecule has 102 valence electrons. The van der Waals surface area contributed by atoms with Crippen LogP contribution in [-0.2, 0) is 4.79 Å². The molecule has 0 bridgehead atoms. The first-order chi connectivity index (χ1) is 8.88. The average molecular weight is 272 g/mol. The van der Waals surface area contributed by atoms with E-state index in [1.807, 2.05) is 5.10 Å². The molecule has 0 aliphatic heterocycles. The van der Waals surface area contributed by atoms with Gasteiger partial charge in [-0.2, -0.15) is 5.11 Å². The predicted octanol–water partition coefficient (Wildman–Crippen LogP) is 0.260. The lowest BCUT2D eigenvalue weighted by Crippen LogP contribution is -2.18. The molecule has 0 aromatic carbocycles. The van der Waals surface area contributed by atoms with E-state index in [0.29, 0.717) is 0 Å². The number of rotatable bonds is 6. The first kappa shape index (κ1) is 14.3. The molecule has 1 aromatic heterocycles. The summed E-state index contributed by atoms with van der Waals surface area (Å²) in [7, 11) is 0. The van der Waals surface area contributed by atoms with Crippen molar-refractivity contribution in [3.63, 3.8) is 0 Å². The molecule has 12 heteroatoms. The Morgan fingerprint density at radius 2 is 2.11 bits per heavy atom. The van der Waals surface area contributed by atoms with Crippen LogP contribution < -0.4 is 0 Å². The van der Waals surface area contributed by atoms with Crippen molar-refractivity contribution in [3.8, 4) is 0 Å². The van der Waals surface area contributed by atoms with Crippen molar-refractivity contribution in [2.75, 3.05) is 6.61 Å². The Morgan fingerprint density at radius 3 is 2.53 bits per heavy atom. The molecule has 0 saturated carbocycles. The summed E-state index contributed by atoms with van der Waals surface area (Å²) in [6, 6.07) is -1.24. The first-order valence-corrected chi connectivity index (χ1v) is 4.77. The summed E-state index contributed by atoms with van der Waals surface area (Å²) in [6.07, 6.45) is 0. The van der Waals surface area contributed by atoms with Crippen LogP contribution >= 0.6 is 0 Å². The summed E-state index contributed by atoms with van der Waals surface area (Å²) >= 11 is 0. The zero-order valence-electron chi connectivity index (χ0n) is 9.51. The normalized spacial score (nSPS) is 12.5. The monoisotopic (exact) mass is 272 g/mol. The lowest BCUT2D eigenvalue weighted by Gasteiger charge is -2.00. The number of carbonyl (C=O) groups excluding carboxylic acids is 1. The van der Waals surface area contributed by atoms with Crippen LogP contribution in [-0.4, -0.2) is 43.6 Å². The van der Waals surface area contributed by atoms with Crippen molar-refractivity contribution in [2.45, 2.75) is 13.0 Å². The lowest BCUT2D eigenvalue weighted by molar-refractivity contribution is -0.392. The summed E-state index contributed by atoms with van der Waals surface area (Å²) in [6.45, 7) is 0.455. The van der Waals surface area contributed by atoms with Gasteiger partial charge in [0.15, 0.2) is 11.8 Å². The van der Waals surface area contributed by atoms with Gasteiger partial charge >= 0.3 is 11.6 Å². The number of H-pyrrole nitrogens is 1. The van der Waals surface area contributed by atoms with E-state index in [2.05, 4.69) is 15.3 Å². The summed E-state index contributed by atoms with van der Waals surface area (Å²) in [5, 5.41) is 41.6. The number of nitrogens with zero attached hydrogens (tertiary/aromatic N) is 5. The molecule has 0 radical (unpaired) electrons. The highest BCUT2D eigenvalue weighted by Crippen LogP contribution is 2.34. The van der Waals surface area contributed by atoms with E-state index in [1.54, 1.807) is 0 Å². The maximum Gasteiger partial charge on any atom is 0.448 e. The van der Waals surface area contributed by atoms with E-state index in [1.165, 1.54) is 0 Å². The maximum absolute atomic E-state index is 11.0. The van der Waals surface area contributed by atoms with Crippen molar-refractivity contribution in [2.24, 2.45) is 10.2 Å². The van der Waals surface area contributed by atoms with Crippen LogP contribution in [0.1, 0.15) is 6.92 Å². The van der Waals surface area contributed by atoms with Crippen molar-refractivity contribution in [1.29, 1.82) is 0 Å². The highest BCUT2D eigenvalue weighted by molar-refractivity contribution is 5.81. The molecule has 1 rings (SSSR count). The van der Waals surface area contributed by atoms with Gasteiger partial charge in [-0.3, -0.25) is 4.79 Å². The second kappa shape index (κ2) is 5.72. The third-order valence-electron chi connectivity index (χ3n) is 2.00. The summed E-state index contributed by atoms with van der Waals surface area (Å²) < 4.78 is 0. The topological polar surface area (TPSA) is 177 Å². The fourth-order valence-corrected chi connectivity index (χ4v) is 1.04. The smallest absolute Gasteiger partial charge is 0.394 e. The Kier molecular flexibility index (Phi) is 4.31. The van der Waals surface area contributed by atoms with Gasteiger partial charge in [-0.25, -0.2) is 0 Å². The van der Waals surface area contributed by atoms with Gasteiger partial charge in [0, 0.05) is 0 Å². The molecule has 1 unspecified atom stereocenters. The Labute approximate surface area is 104 Å². The second-order valence-corrected chi connectivity index (χ2v) is 3.28. The molecule has 0 fully saturated rings. The highest BCUT2D eigenvalue weighted by atomic mass is 16.6. The number of aliphatic hydroxyl groups excluding tert-OH is 1. The Bertz CT molecular complexity index is 519. The van der Waals surface area contributed by atoms with E-state index in [4.69, 9.17) is 5.11 Å². The van der Waals surface area contributed by atoms with Gasteiger partial charge < -0.3 is 25.3 Å². The molecule has 1 atom stereocenters. The van der Waals surface area contributed by atoms with Crippen molar-refractivity contribution in [3.05, 3.63) is 20.2 Å². The van der Waals surface area contributed by atoms with Gasteiger partial charge in [0.1, 0.15) is 5.10 Å². The Morgan fingerprint density at radius 1 is 1.47 bits per heavy atom. The SMILES string of the molecule is CC(=O)C(CO)N=Nc1c([N+](=O)[O-])n[nH]c1[N+](=O)[O-]. The van der Waals surface area contributed by atoms with Gasteiger partial charge in [0.25, 0.3) is 5.69 Å². The number of ketones is 1. The quantitative estimate of drug-likeness (QED) is 0.423. The minimum atomic E-state index is -1.24. The molecule has 0 aliphatic carbocycles. The molecule has 19 heavy (non-hydrogen) atoms. The number of carbonyl (C=O) groups is 1. The predicted molar refractivity (Wildman–Crippen MR) is 58.0 cm³/mol. The number of nitrogens with one attached hydrogen (secondary N) is 1. The van der Waals surface area contributed by atoms with Crippen molar-refractivity contribution >= 4 is 23.1 Å². The van der Waals surface area contributed by atoms with E-state index in [9.17, 15) is 25.0 Å². The molecular weight excluding hydrogens is 264 g/mol. The number of nitro groups is 2. The van der Waals surface area contributed by atoms with Gasteiger partial charge in [0.05, 0.1) is 6.61 Å². The van der Waals surface area contributed by atoms with E-state index in [0.717, 1.165) is 6.92 Å². The molecule has 0 amide bonds. The van der Waals surface area contributed by atoms with Crippen LogP contribution in [0.2, 0.25) is 0 Å². The summed E-state index contributed by atoms with van der Waals surface area (Å²) in [4.78, 5) is 30.2. The zero-order valence-corrected chi connectivity index (χ0v) is 9.51. The van der Waals surface area contributed by atoms with E-state index >= 15 is 0 Å². The second-order valence-electron chi connectivity index (χ2n) is 3.28. The molecular formula is C7H8N6O6. The molecule has 2 N–H and O–H groups in total. The third kappa shape index (κ3) is 3.12. The maximum atomic E-state index is 11.0. The fraction of sp³-hybridized carbons (Fsp3) is 0.429. The fourth-order valence-electron chi connectivity index (χ4n) is 1.04. The zero-order chi connectivity index (χ0) is 14.6. The summed E-state index contributed by atoms with van der Waals surface area (Å²) in [5.41, 5.74) is -0.713. The molecule has 0 spiro atoms. The van der Waals surface area contributed by atoms with Crippen LogP contribution in [0.3, 0.4) is 0 Å². The Balaban J connectivity index is 3.20. The van der Waals surface area contributed by atoms with Crippen LogP contribution in [0.5, 0.6) is 0 Å². The minimum absolute atomic E-state index is 0.542. The van der Waals surface area contributed by atoms with Gasteiger partial charge in [0.2, 0.25) is 0 Å². The summed E-state index contributed by atoms with van der Waals surface area (Å²) in [5.74, 6) is -2.26. The lowest BCUT2D eigenvalue weighted by atomic mass is 10.2. The van der Waals surface area contributed by atoms with Crippen LogP contribution in [0, 0.1) is 20.2 Å².